The summed E-state index contributed by atoms with van der Waals surface area (Å²) in [6, 6.07) is 14.3. The zero-order valence-corrected chi connectivity index (χ0v) is 17.9. The van der Waals surface area contributed by atoms with Gasteiger partial charge in [-0.15, -0.1) is 0 Å². The zero-order chi connectivity index (χ0) is 21.3. The molecule has 1 saturated heterocycles. The molecule has 0 aromatic heterocycles. The van der Waals surface area contributed by atoms with Crippen molar-refractivity contribution in [1.82, 2.24) is 9.80 Å². The van der Waals surface area contributed by atoms with Gasteiger partial charge >= 0.3 is 0 Å². The molecule has 156 valence electrons. The van der Waals surface area contributed by atoms with E-state index in [1.54, 1.807) is 18.2 Å². The van der Waals surface area contributed by atoms with Crippen molar-refractivity contribution in [1.29, 1.82) is 0 Å². The Morgan fingerprint density at radius 2 is 1.67 bits per heavy atom. The van der Waals surface area contributed by atoms with Crippen LogP contribution in [0.25, 0.3) is 5.57 Å². The smallest absolute Gasteiger partial charge is 0.282 e. The number of carbonyl (C=O) groups excluding carboxylic acids is 2. The fourth-order valence-electron chi connectivity index (χ4n) is 4.02. The van der Waals surface area contributed by atoms with Crippen LogP contribution in [-0.2, 0) is 9.59 Å². The highest BCUT2D eigenvalue weighted by Gasteiger charge is 2.44. The summed E-state index contributed by atoms with van der Waals surface area (Å²) in [5, 5.41) is 0.428. The van der Waals surface area contributed by atoms with Crippen LogP contribution in [0.3, 0.4) is 0 Å². The van der Waals surface area contributed by atoms with E-state index < -0.39 is 0 Å². The number of methoxy groups -OCH3 is 1. The first kappa shape index (κ1) is 20.4. The van der Waals surface area contributed by atoms with Gasteiger partial charge in [-0.05, 0) is 30.3 Å². The number of piperazine rings is 1. The zero-order valence-electron chi connectivity index (χ0n) is 17.1. The standard InChI is InChI=1S/C23H24ClN3O3/c1-3-25-11-13-26(14-12-25)21-20(16-7-5-4-6-8-16)22(28)27(23(21)29)18-15-17(24)9-10-19(18)30-2/h4-10,15H,3,11-14H2,1-2H3. The van der Waals surface area contributed by atoms with Gasteiger partial charge in [0.15, 0.2) is 0 Å². The SMILES string of the molecule is CCN1CCN(C2=C(c3ccccc3)C(=O)N(c3cc(Cl)ccc3OC)C2=O)CC1. The van der Waals surface area contributed by atoms with Crippen molar-refractivity contribution in [3.8, 4) is 5.75 Å². The summed E-state index contributed by atoms with van der Waals surface area (Å²) < 4.78 is 5.42. The molecular weight excluding hydrogens is 402 g/mol. The molecule has 0 atom stereocenters. The summed E-state index contributed by atoms with van der Waals surface area (Å²) in [6.45, 7) is 6.19. The summed E-state index contributed by atoms with van der Waals surface area (Å²) in [5.41, 5.74) is 1.96. The van der Waals surface area contributed by atoms with E-state index in [1.165, 1.54) is 12.0 Å². The van der Waals surface area contributed by atoms with E-state index in [4.69, 9.17) is 16.3 Å². The number of hydrogen-bond donors (Lipinski definition) is 0. The molecule has 0 aliphatic carbocycles. The van der Waals surface area contributed by atoms with Crippen LogP contribution in [0.1, 0.15) is 12.5 Å². The molecule has 0 spiro atoms. The van der Waals surface area contributed by atoms with Crippen molar-refractivity contribution in [3.05, 3.63) is 64.8 Å². The summed E-state index contributed by atoms with van der Waals surface area (Å²) >= 11 is 6.18. The Labute approximate surface area is 181 Å². The minimum atomic E-state index is -0.361. The molecule has 0 saturated carbocycles. The molecule has 0 radical (unpaired) electrons. The number of halogens is 1. The second-order valence-corrected chi connectivity index (χ2v) is 7.71. The van der Waals surface area contributed by atoms with Crippen LogP contribution in [0.4, 0.5) is 5.69 Å². The Morgan fingerprint density at radius 1 is 0.967 bits per heavy atom. The Hall–Kier alpha value is -2.83. The molecule has 6 nitrogen and oxygen atoms in total. The molecule has 7 heteroatoms. The van der Waals surface area contributed by atoms with Gasteiger partial charge in [-0.1, -0.05) is 48.9 Å². The van der Waals surface area contributed by atoms with Gasteiger partial charge in [-0.2, -0.15) is 0 Å². The summed E-state index contributed by atoms with van der Waals surface area (Å²) in [6.07, 6.45) is 0. The van der Waals surface area contributed by atoms with Gasteiger partial charge in [-0.25, -0.2) is 4.90 Å². The summed E-state index contributed by atoms with van der Waals surface area (Å²) in [4.78, 5) is 32.8. The number of ether oxygens (including phenoxy) is 1. The monoisotopic (exact) mass is 425 g/mol. The van der Waals surface area contributed by atoms with E-state index >= 15 is 0 Å². The van der Waals surface area contributed by atoms with Crippen molar-refractivity contribution in [2.75, 3.05) is 44.7 Å². The number of anilines is 1. The molecule has 0 N–H and O–H groups in total. The van der Waals surface area contributed by atoms with Crippen LogP contribution in [-0.4, -0.2) is 61.4 Å². The molecular formula is C23H24ClN3O3. The Balaban J connectivity index is 1.80. The third-order valence-electron chi connectivity index (χ3n) is 5.64. The largest absolute Gasteiger partial charge is 0.495 e. The van der Waals surface area contributed by atoms with Crippen LogP contribution in [0.2, 0.25) is 5.02 Å². The average Bonchev–Trinajstić information content (AvgIpc) is 3.04. The Bertz CT molecular complexity index is 998. The maximum atomic E-state index is 13.6. The second-order valence-electron chi connectivity index (χ2n) is 7.27. The van der Waals surface area contributed by atoms with E-state index in [1.807, 2.05) is 35.2 Å². The number of hydrogen-bond acceptors (Lipinski definition) is 5. The van der Waals surface area contributed by atoms with Gasteiger partial charge in [0, 0.05) is 31.2 Å². The molecule has 2 heterocycles. The van der Waals surface area contributed by atoms with Crippen molar-refractivity contribution >= 4 is 34.7 Å². The molecule has 0 unspecified atom stereocenters. The molecule has 2 aromatic carbocycles. The molecule has 2 amide bonds. The number of amides is 2. The van der Waals surface area contributed by atoms with Crippen molar-refractivity contribution < 1.29 is 14.3 Å². The van der Waals surface area contributed by atoms with Gasteiger partial charge in [-0.3, -0.25) is 9.59 Å². The molecule has 0 bridgehead atoms. The highest BCUT2D eigenvalue weighted by atomic mass is 35.5. The van der Waals surface area contributed by atoms with Crippen molar-refractivity contribution in [2.45, 2.75) is 6.92 Å². The lowest BCUT2D eigenvalue weighted by atomic mass is 10.0. The highest BCUT2D eigenvalue weighted by molar-refractivity contribution is 6.46. The minimum Gasteiger partial charge on any atom is -0.495 e. The van der Waals surface area contributed by atoms with Crippen LogP contribution in [0.5, 0.6) is 5.75 Å². The van der Waals surface area contributed by atoms with Crippen molar-refractivity contribution in [2.24, 2.45) is 0 Å². The number of likely N-dealkylation sites (N-methyl/N-ethyl adjacent to an activating group) is 1. The highest BCUT2D eigenvalue weighted by Crippen LogP contribution is 2.39. The molecule has 2 aliphatic rings. The van der Waals surface area contributed by atoms with Crippen LogP contribution < -0.4 is 9.64 Å². The van der Waals surface area contributed by atoms with Gasteiger partial charge < -0.3 is 14.5 Å². The van der Waals surface area contributed by atoms with Crippen molar-refractivity contribution in [3.63, 3.8) is 0 Å². The van der Waals surface area contributed by atoms with Crippen LogP contribution in [0.15, 0.2) is 54.2 Å². The normalized spacial score (nSPS) is 17.8. The first-order valence-corrected chi connectivity index (χ1v) is 10.4. The minimum absolute atomic E-state index is 0.343. The second kappa shape index (κ2) is 8.50. The molecule has 1 fully saturated rings. The molecule has 2 aliphatic heterocycles. The van der Waals surface area contributed by atoms with Crippen LogP contribution >= 0.6 is 11.6 Å². The van der Waals surface area contributed by atoms with Gasteiger partial charge in [0.2, 0.25) is 0 Å². The van der Waals surface area contributed by atoms with E-state index in [2.05, 4.69) is 11.8 Å². The number of carbonyl (C=O) groups is 2. The van der Waals surface area contributed by atoms with E-state index in [0.717, 1.165) is 25.2 Å². The number of benzene rings is 2. The Kier molecular flexibility index (Phi) is 5.79. The number of nitrogens with zero attached hydrogens (tertiary/aromatic N) is 3. The number of imide groups is 1. The average molecular weight is 426 g/mol. The van der Waals surface area contributed by atoms with Gasteiger partial charge in [0.25, 0.3) is 11.8 Å². The third-order valence-corrected chi connectivity index (χ3v) is 5.87. The topological polar surface area (TPSA) is 53.1 Å². The molecule has 30 heavy (non-hydrogen) atoms. The van der Waals surface area contributed by atoms with E-state index in [0.29, 0.717) is 40.8 Å². The van der Waals surface area contributed by atoms with Gasteiger partial charge in [0.1, 0.15) is 11.4 Å². The lowest BCUT2D eigenvalue weighted by Gasteiger charge is -2.36. The first-order valence-electron chi connectivity index (χ1n) is 10.0. The van der Waals surface area contributed by atoms with E-state index in [9.17, 15) is 9.59 Å². The summed E-state index contributed by atoms with van der Waals surface area (Å²) in [7, 11) is 1.51. The predicted molar refractivity (Wildman–Crippen MR) is 118 cm³/mol. The lowest BCUT2D eigenvalue weighted by Crippen LogP contribution is -2.47. The van der Waals surface area contributed by atoms with Crippen LogP contribution in [0, 0.1) is 0 Å². The van der Waals surface area contributed by atoms with E-state index in [-0.39, 0.29) is 11.8 Å². The lowest BCUT2D eigenvalue weighted by molar-refractivity contribution is -0.120. The number of rotatable bonds is 5. The maximum Gasteiger partial charge on any atom is 0.282 e. The molecule has 2 aromatic rings. The van der Waals surface area contributed by atoms with Gasteiger partial charge in [0.05, 0.1) is 18.4 Å². The Morgan fingerprint density at radius 3 is 2.30 bits per heavy atom. The maximum absolute atomic E-state index is 13.6. The predicted octanol–water partition coefficient (Wildman–Crippen LogP) is 3.27. The third kappa shape index (κ3) is 3.57. The summed E-state index contributed by atoms with van der Waals surface area (Å²) in [5.74, 6) is -0.283. The fourth-order valence-corrected chi connectivity index (χ4v) is 4.19. The quantitative estimate of drug-likeness (QED) is 0.688. The molecule has 4 rings (SSSR count). The fraction of sp³-hybridized carbons (Fsp3) is 0.304. The first-order chi connectivity index (χ1) is 14.5.